The lowest BCUT2D eigenvalue weighted by Crippen LogP contribution is -2.43. The fraction of sp³-hybridized carbons (Fsp3) is 0.611. The van der Waals surface area contributed by atoms with Crippen LogP contribution in [0.15, 0.2) is 24.3 Å². The number of rotatable bonds is 6. The van der Waals surface area contributed by atoms with Crippen LogP contribution in [0.4, 0.5) is 0 Å². The van der Waals surface area contributed by atoms with E-state index in [9.17, 15) is 9.90 Å². The summed E-state index contributed by atoms with van der Waals surface area (Å²) in [5.74, 6) is 0.0286. The summed E-state index contributed by atoms with van der Waals surface area (Å²) in [5.41, 5.74) is 8.23. The molecule has 0 radical (unpaired) electrons. The molecule has 1 atom stereocenters. The fourth-order valence-electron chi connectivity index (χ4n) is 2.81. The Kier molecular flexibility index (Phi) is 8.70. The minimum Gasteiger partial charge on any atom is -0.393 e. The number of halogens is 1. The quantitative estimate of drug-likeness (QED) is 0.725. The van der Waals surface area contributed by atoms with Crippen LogP contribution >= 0.6 is 12.4 Å². The van der Waals surface area contributed by atoms with E-state index in [2.05, 4.69) is 22.3 Å². The van der Waals surface area contributed by atoms with Gasteiger partial charge in [0.1, 0.15) is 0 Å². The summed E-state index contributed by atoms with van der Waals surface area (Å²) in [6.07, 6.45) is 1.52. The molecular weight excluding hydrogens is 326 g/mol. The molecule has 136 valence electrons. The molecule has 0 spiro atoms. The van der Waals surface area contributed by atoms with Crippen LogP contribution in [0.25, 0.3) is 0 Å². The Balaban J connectivity index is 0.00000288. The van der Waals surface area contributed by atoms with Crippen molar-refractivity contribution in [2.75, 3.05) is 13.1 Å². The molecule has 1 saturated heterocycles. The normalized spacial score (nSPS) is 17.4. The van der Waals surface area contributed by atoms with E-state index in [1.807, 2.05) is 26.0 Å². The molecular formula is C18H30ClN3O2. The predicted octanol–water partition coefficient (Wildman–Crippen LogP) is 1.66. The van der Waals surface area contributed by atoms with Crippen LogP contribution in [-0.2, 0) is 17.9 Å². The molecule has 1 amide bonds. The van der Waals surface area contributed by atoms with E-state index < -0.39 is 6.04 Å². The molecule has 24 heavy (non-hydrogen) atoms. The standard InChI is InChI=1S/C18H29N3O2.ClH/c1-13(2)17(19)18(23)20-11-14-5-3-4-6-15(14)12-21-9-7-16(22)8-10-21;/h3-6,13,16-17,22H,7-12,19H2,1-2H3,(H,20,23);1H/t17-;/m0./s1. The van der Waals surface area contributed by atoms with Gasteiger partial charge in [-0.15, -0.1) is 12.4 Å². The van der Waals surface area contributed by atoms with Gasteiger partial charge in [0.05, 0.1) is 12.1 Å². The van der Waals surface area contributed by atoms with E-state index in [1.165, 1.54) is 5.56 Å². The fourth-order valence-corrected chi connectivity index (χ4v) is 2.81. The molecule has 6 heteroatoms. The number of likely N-dealkylation sites (tertiary alicyclic amines) is 1. The first-order chi connectivity index (χ1) is 11.0. The van der Waals surface area contributed by atoms with Crippen LogP contribution in [0, 0.1) is 5.92 Å². The highest BCUT2D eigenvalue weighted by Crippen LogP contribution is 2.16. The highest BCUT2D eigenvalue weighted by Gasteiger charge is 2.19. The summed E-state index contributed by atoms with van der Waals surface area (Å²) < 4.78 is 0. The van der Waals surface area contributed by atoms with Crippen molar-refractivity contribution in [3.05, 3.63) is 35.4 Å². The van der Waals surface area contributed by atoms with Crippen molar-refractivity contribution in [3.8, 4) is 0 Å². The van der Waals surface area contributed by atoms with Crippen molar-refractivity contribution in [1.29, 1.82) is 0 Å². The SMILES string of the molecule is CC(C)[C@H](N)C(=O)NCc1ccccc1CN1CCC(O)CC1.Cl. The molecule has 1 heterocycles. The summed E-state index contributed by atoms with van der Waals surface area (Å²) in [4.78, 5) is 14.4. The van der Waals surface area contributed by atoms with Gasteiger partial charge in [-0.25, -0.2) is 0 Å². The van der Waals surface area contributed by atoms with Crippen molar-refractivity contribution in [2.24, 2.45) is 11.7 Å². The average molecular weight is 356 g/mol. The molecule has 1 aromatic rings. The summed E-state index contributed by atoms with van der Waals surface area (Å²) in [6.45, 7) is 7.09. The second kappa shape index (κ2) is 9.99. The Morgan fingerprint density at radius 2 is 1.88 bits per heavy atom. The third kappa shape index (κ3) is 6.06. The maximum Gasteiger partial charge on any atom is 0.237 e. The summed E-state index contributed by atoms with van der Waals surface area (Å²) in [5, 5.41) is 12.5. The number of benzene rings is 1. The summed E-state index contributed by atoms with van der Waals surface area (Å²) in [7, 11) is 0. The number of amides is 1. The number of hydrogen-bond donors (Lipinski definition) is 3. The summed E-state index contributed by atoms with van der Waals surface area (Å²) in [6, 6.07) is 7.71. The monoisotopic (exact) mass is 355 g/mol. The Morgan fingerprint density at radius 3 is 2.46 bits per heavy atom. The topological polar surface area (TPSA) is 78.6 Å². The van der Waals surface area contributed by atoms with E-state index in [-0.39, 0.29) is 30.3 Å². The zero-order chi connectivity index (χ0) is 16.8. The molecule has 4 N–H and O–H groups in total. The first-order valence-electron chi connectivity index (χ1n) is 8.48. The number of aliphatic hydroxyl groups is 1. The van der Waals surface area contributed by atoms with Gasteiger partial charge in [0.15, 0.2) is 0 Å². The molecule has 0 aromatic heterocycles. The van der Waals surface area contributed by atoms with Crippen molar-refractivity contribution < 1.29 is 9.90 Å². The van der Waals surface area contributed by atoms with Crippen LogP contribution in [-0.4, -0.2) is 41.1 Å². The molecule has 1 aliphatic rings. The van der Waals surface area contributed by atoms with Gasteiger partial charge in [-0.3, -0.25) is 9.69 Å². The van der Waals surface area contributed by atoms with Crippen LogP contribution in [0.5, 0.6) is 0 Å². The Hall–Kier alpha value is -1.14. The smallest absolute Gasteiger partial charge is 0.237 e. The zero-order valence-corrected chi connectivity index (χ0v) is 15.4. The van der Waals surface area contributed by atoms with Crippen LogP contribution in [0.1, 0.15) is 37.8 Å². The van der Waals surface area contributed by atoms with Gasteiger partial charge in [0, 0.05) is 26.2 Å². The molecule has 1 aliphatic heterocycles. The lowest BCUT2D eigenvalue weighted by atomic mass is 10.0. The second-order valence-corrected chi connectivity index (χ2v) is 6.76. The Morgan fingerprint density at radius 1 is 1.29 bits per heavy atom. The predicted molar refractivity (Wildman–Crippen MR) is 98.9 cm³/mol. The van der Waals surface area contributed by atoms with Gasteiger partial charge < -0.3 is 16.2 Å². The number of nitrogens with one attached hydrogen (secondary N) is 1. The highest BCUT2D eigenvalue weighted by molar-refractivity contribution is 5.85. The van der Waals surface area contributed by atoms with Crippen molar-refractivity contribution in [3.63, 3.8) is 0 Å². The molecule has 0 unspecified atom stereocenters. The first-order valence-corrected chi connectivity index (χ1v) is 8.48. The number of carbonyl (C=O) groups excluding carboxylic acids is 1. The van der Waals surface area contributed by atoms with Crippen molar-refractivity contribution in [1.82, 2.24) is 10.2 Å². The number of nitrogens with zero attached hydrogens (tertiary/aromatic N) is 1. The molecule has 1 aromatic carbocycles. The third-order valence-electron chi connectivity index (χ3n) is 4.54. The minimum absolute atomic E-state index is 0. The number of aliphatic hydroxyl groups excluding tert-OH is 1. The van der Waals surface area contributed by atoms with Gasteiger partial charge in [0.2, 0.25) is 5.91 Å². The van der Waals surface area contributed by atoms with E-state index in [0.29, 0.717) is 6.54 Å². The van der Waals surface area contributed by atoms with E-state index in [0.717, 1.165) is 38.0 Å². The maximum absolute atomic E-state index is 12.0. The molecule has 0 saturated carbocycles. The number of piperidine rings is 1. The van der Waals surface area contributed by atoms with Crippen LogP contribution in [0.2, 0.25) is 0 Å². The Bertz CT molecular complexity index is 517. The molecule has 2 rings (SSSR count). The zero-order valence-electron chi connectivity index (χ0n) is 14.6. The van der Waals surface area contributed by atoms with E-state index >= 15 is 0 Å². The Labute approximate surface area is 151 Å². The van der Waals surface area contributed by atoms with Gasteiger partial charge in [-0.05, 0) is 29.9 Å². The average Bonchev–Trinajstić information content (AvgIpc) is 2.55. The van der Waals surface area contributed by atoms with Gasteiger partial charge in [-0.1, -0.05) is 38.1 Å². The van der Waals surface area contributed by atoms with Gasteiger partial charge >= 0.3 is 0 Å². The maximum atomic E-state index is 12.0. The third-order valence-corrected chi connectivity index (χ3v) is 4.54. The summed E-state index contributed by atoms with van der Waals surface area (Å²) >= 11 is 0. The van der Waals surface area contributed by atoms with E-state index in [1.54, 1.807) is 0 Å². The number of carbonyl (C=O) groups is 1. The molecule has 0 bridgehead atoms. The van der Waals surface area contributed by atoms with Crippen LogP contribution in [0.3, 0.4) is 0 Å². The lowest BCUT2D eigenvalue weighted by molar-refractivity contribution is -0.123. The largest absolute Gasteiger partial charge is 0.393 e. The molecule has 5 nitrogen and oxygen atoms in total. The van der Waals surface area contributed by atoms with Gasteiger partial charge in [0.25, 0.3) is 0 Å². The number of nitrogens with two attached hydrogens (primary N) is 1. The van der Waals surface area contributed by atoms with E-state index in [4.69, 9.17) is 5.73 Å². The lowest BCUT2D eigenvalue weighted by Gasteiger charge is -2.30. The first kappa shape index (κ1) is 20.9. The molecule has 0 aliphatic carbocycles. The number of hydrogen-bond acceptors (Lipinski definition) is 4. The minimum atomic E-state index is -0.467. The highest BCUT2D eigenvalue weighted by atomic mass is 35.5. The van der Waals surface area contributed by atoms with Crippen LogP contribution < -0.4 is 11.1 Å². The molecule has 1 fully saturated rings. The second-order valence-electron chi connectivity index (χ2n) is 6.76. The van der Waals surface area contributed by atoms with Crippen molar-refractivity contribution >= 4 is 18.3 Å². The van der Waals surface area contributed by atoms with Gasteiger partial charge in [-0.2, -0.15) is 0 Å². The van der Waals surface area contributed by atoms with Crippen molar-refractivity contribution in [2.45, 2.75) is 51.9 Å².